The van der Waals surface area contributed by atoms with Crippen molar-refractivity contribution in [2.45, 2.75) is 18.3 Å². The van der Waals surface area contributed by atoms with Crippen molar-refractivity contribution in [1.29, 1.82) is 0 Å². The monoisotopic (exact) mass is 675 g/mol. The highest BCUT2D eigenvalue weighted by Gasteiger charge is 2.51. The number of benzene rings is 7. The van der Waals surface area contributed by atoms with Crippen LogP contribution in [0.15, 0.2) is 175 Å². The van der Waals surface area contributed by atoms with Gasteiger partial charge in [0.15, 0.2) is 17.5 Å². The van der Waals surface area contributed by atoms with Crippen molar-refractivity contribution >= 4 is 38.8 Å². The van der Waals surface area contributed by atoms with E-state index < -0.39 is 0 Å². The first-order valence-electron chi connectivity index (χ1n) is 18.4. The number of allylic oxidation sites excluding steroid dienone is 5. The van der Waals surface area contributed by atoms with Gasteiger partial charge in [0.1, 0.15) is 0 Å². The van der Waals surface area contributed by atoms with Crippen LogP contribution in [-0.2, 0) is 5.41 Å². The summed E-state index contributed by atoms with van der Waals surface area (Å²) in [5, 5.41) is 4.69. The summed E-state index contributed by atoms with van der Waals surface area (Å²) in [6, 6.07) is 56.6. The molecule has 1 aromatic heterocycles. The molecule has 8 aromatic rings. The molecule has 1 spiro atoms. The Morgan fingerprint density at radius 3 is 1.66 bits per heavy atom. The van der Waals surface area contributed by atoms with Crippen LogP contribution in [0.4, 0.5) is 0 Å². The summed E-state index contributed by atoms with van der Waals surface area (Å²) in [4.78, 5) is 15.3. The summed E-state index contributed by atoms with van der Waals surface area (Å²) in [5.74, 6) is 1.97. The predicted octanol–water partition coefficient (Wildman–Crippen LogP) is 12.1. The lowest BCUT2D eigenvalue weighted by atomic mass is 9.66. The standard InChI is InChI=1S/C50H33N3/c1-3-13-36-29-39(27-21-32(36)11-1)48-51-47(52-49(53-48)40-28-22-33-12-2-4-14-37(33)30-40)35-25-23-34(24-26-35)46-31-38-15-5-8-18-43(38)50(46)44-19-9-6-16-41(44)42-17-7-10-20-45(42)50/h1-6,8-16,18-31H,7,17H2. The molecule has 1 atom stereocenters. The Morgan fingerprint density at radius 2 is 0.981 bits per heavy atom. The summed E-state index contributed by atoms with van der Waals surface area (Å²) < 4.78 is 0. The fraction of sp³-hybridized carbons (Fsp3) is 0.0600. The first kappa shape index (κ1) is 30.0. The minimum Gasteiger partial charge on any atom is -0.208 e. The lowest BCUT2D eigenvalue weighted by Gasteiger charge is -2.34. The largest absolute Gasteiger partial charge is 0.208 e. The highest BCUT2D eigenvalue weighted by molar-refractivity contribution is 6.05. The van der Waals surface area contributed by atoms with E-state index in [0.29, 0.717) is 17.5 Å². The maximum atomic E-state index is 5.13. The molecular formula is C50H33N3. The first-order chi connectivity index (χ1) is 26.2. The Labute approximate surface area is 308 Å². The second-order valence-electron chi connectivity index (χ2n) is 14.3. The number of hydrogen-bond acceptors (Lipinski definition) is 3. The molecule has 0 N–H and O–H groups in total. The Kier molecular flexibility index (Phi) is 6.59. The van der Waals surface area contributed by atoms with Gasteiger partial charge in [-0.2, -0.15) is 0 Å². The van der Waals surface area contributed by atoms with E-state index in [2.05, 4.69) is 176 Å². The molecule has 3 aliphatic rings. The quantitative estimate of drug-likeness (QED) is 0.186. The van der Waals surface area contributed by atoms with E-state index in [4.69, 9.17) is 15.0 Å². The zero-order chi connectivity index (χ0) is 34.9. The molecule has 1 unspecified atom stereocenters. The van der Waals surface area contributed by atoms with Crippen molar-refractivity contribution < 1.29 is 0 Å². The molecular weight excluding hydrogens is 643 g/mol. The predicted molar refractivity (Wildman–Crippen MR) is 218 cm³/mol. The number of fused-ring (bicyclic) bond motifs is 8. The van der Waals surface area contributed by atoms with Crippen molar-refractivity contribution in [3.8, 4) is 34.2 Å². The number of nitrogens with zero attached hydrogens (tertiary/aromatic N) is 3. The van der Waals surface area contributed by atoms with Gasteiger partial charge >= 0.3 is 0 Å². The first-order valence-corrected chi connectivity index (χ1v) is 18.4. The maximum absolute atomic E-state index is 5.13. The summed E-state index contributed by atoms with van der Waals surface area (Å²) in [5.41, 5.74) is 13.4. The second kappa shape index (κ2) is 11.7. The molecule has 0 amide bonds. The molecule has 3 heteroatoms. The van der Waals surface area contributed by atoms with Gasteiger partial charge in [0, 0.05) is 16.7 Å². The van der Waals surface area contributed by atoms with E-state index in [1.807, 2.05) is 0 Å². The van der Waals surface area contributed by atoms with Gasteiger partial charge in [-0.3, -0.25) is 0 Å². The molecule has 1 heterocycles. The summed E-state index contributed by atoms with van der Waals surface area (Å²) >= 11 is 0. The fourth-order valence-electron chi connectivity index (χ4n) is 8.99. The summed E-state index contributed by atoms with van der Waals surface area (Å²) in [6.07, 6.45) is 9.31. The lowest BCUT2D eigenvalue weighted by molar-refractivity contribution is 0.826. The third-order valence-electron chi connectivity index (χ3n) is 11.4. The Balaban J connectivity index is 1.06. The topological polar surface area (TPSA) is 38.7 Å². The zero-order valence-electron chi connectivity index (χ0n) is 29.0. The van der Waals surface area contributed by atoms with Crippen LogP contribution < -0.4 is 0 Å². The average molecular weight is 676 g/mol. The molecule has 0 saturated carbocycles. The van der Waals surface area contributed by atoms with E-state index in [1.165, 1.54) is 55.3 Å². The van der Waals surface area contributed by atoms with Crippen LogP contribution >= 0.6 is 0 Å². The molecule has 0 aliphatic heterocycles. The van der Waals surface area contributed by atoms with Crippen molar-refractivity contribution in [2.24, 2.45) is 0 Å². The van der Waals surface area contributed by atoms with E-state index in [0.717, 1.165) is 40.3 Å². The number of hydrogen-bond donors (Lipinski definition) is 0. The van der Waals surface area contributed by atoms with Gasteiger partial charge < -0.3 is 0 Å². The van der Waals surface area contributed by atoms with Gasteiger partial charge in [0.2, 0.25) is 0 Å². The molecule has 248 valence electrons. The van der Waals surface area contributed by atoms with Gasteiger partial charge in [0.25, 0.3) is 0 Å². The molecule has 0 saturated heterocycles. The van der Waals surface area contributed by atoms with Crippen LogP contribution in [0.25, 0.3) is 72.9 Å². The SMILES string of the molecule is C1=CC2=C(CC1)c1ccccc1C21C(c2ccc(-c3nc(-c4ccc5ccccc5c4)nc(-c4ccc5ccccc5c4)n3)cc2)=Cc2ccccc21. The van der Waals surface area contributed by atoms with Gasteiger partial charge in [0.05, 0.1) is 5.41 Å². The highest BCUT2D eigenvalue weighted by Crippen LogP contribution is 2.63. The molecule has 3 nitrogen and oxygen atoms in total. The Morgan fingerprint density at radius 1 is 0.453 bits per heavy atom. The normalized spacial score (nSPS) is 16.9. The van der Waals surface area contributed by atoms with Crippen molar-refractivity contribution in [3.05, 3.63) is 203 Å². The van der Waals surface area contributed by atoms with E-state index in [1.54, 1.807) is 0 Å². The molecule has 0 fully saturated rings. The van der Waals surface area contributed by atoms with Gasteiger partial charge in [-0.15, -0.1) is 0 Å². The number of aromatic nitrogens is 3. The van der Waals surface area contributed by atoms with Crippen molar-refractivity contribution in [3.63, 3.8) is 0 Å². The second-order valence-corrected chi connectivity index (χ2v) is 14.3. The van der Waals surface area contributed by atoms with Crippen LogP contribution in [0.2, 0.25) is 0 Å². The highest BCUT2D eigenvalue weighted by atomic mass is 15.0. The minimum atomic E-state index is -0.347. The summed E-state index contributed by atoms with van der Waals surface area (Å²) in [7, 11) is 0. The van der Waals surface area contributed by atoms with E-state index in [9.17, 15) is 0 Å². The smallest absolute Gasteiger partial charge is 0.164 e. The maximum Gasteiger partial charge on any atom is 0.164 e. The van der Waals surface area contributed by atoms with Crippen LogP contribution in [0.3, 0.4) is 0 Å². The third-order valence-corrected chi connectivity index (χ3v) is 11.4. The molecule has 0 bridgehead atoms. The molecule has 11 rings (SSSR count). The lowest BCUT2D eigenvalue weighted by Crippen LogP contribution is -2.27. The zero-order valence-corrected chi connectivity index (χ0v) is 29.0. The van der Waals surface area contributed by atoms with Crippen LogP contribution in [0.1, 0.15) is 40.7 Å². The van der Waals surface area contributed by atoms with Gasteiger partial charge in [-0.05, 0) is 97.1 Å². The van der Waals surface area contributed by atoms with Gasteiger partial charge in [-0.1, -0.05) is 158 Å². The van der Waals surface area contributed by atoms with E-state index in [-0.39, 0.29) is 5.41 Å². The molecule has 0 radical (unpaired) electrons. The molecule has 53 heavy (non-hydrogen) atoms. The Bertz CT molecular complexity index is 2800. The van der Waals surface area contributed by atoms with Crippen molar-refractivity contribution in [2.75, 3.05) is 0 Å². The molecule has 3 aliphatic carbocycles. The minimum absolute atomic E-state index is 0.347. The number of rotatable bonds is 4. The van der Waals surface area contributed by atoms with Crippen molar-refractivity contribution in [1.82, 2.24) is 15.0 Å². The fourth-order valence-corrected chi connectivity index (χ4v) is 8.99. The van der Waals surface area contributed by atoms with Crippen LogP contribution in [-0.4, -0.2) is 15.0 Å². The van der Waals surface area contributed by atoms with Crippen LogP contribution in [0, 0.1) is 0 Å². The third kappa shape index (κ3) is 4.57. The Hall–Kier alpha value is -6.71. The molecule has 7 aromatic carbocycles. The van der Waals surface area contributed by atoms with Gasteiger partial charge in [-0.25, -0.2) is 15.0 Å². The average Bonchev–Trinajstić information content (AvgIpc) is 3.74. The van der Waals surface area contributed by atoms with Crippen LogP contribution in [0.5, 0.6) is 0 Å². The summed E-state index contributed by atoms with van der Waals surface area (Å²) in [6.45, 7) is 0. The van der Waals surface area contributed by atoms with E-state index >= 15 is 0 Å².